The van der Waals surface area contributed by atoms with E-state index in [1.165, 1.54) is 23.7 Å². The summed E-state index contributed by atoms with van der Waals surface area (Å²) in [5.41, 5.74) is 3.21. The van der Waals surface area contributed by atoms with Gasteiger partial charge in [-0.15, -0.1) is 0 Å². The van der Waals surface area contributed by atoms with Gasteiger partial charge in [0.1, 0.15) is 6.26 Å². The van der Waals surface area contributed by atoms with E-state index in [1.54, 1.807) is 6.07 Å². The van der Waals surface area contributed by atoms with Crippen molar-refractivity contribution in [3.8, 4) is 0 Å². The zero-order chi connectivity index (χ0) is 20.1. The molecule has 1 saturated heterocycles. The number of likely N-dealkylation sites (tertiary alicyclic amines) is 1. The van der Waals surface area contributed by atoms with Crippen LogP contribution in [0.1, 0.15) is 61.5 Å². The largest absolute Gasteiger partial charge is 0.472 e. The number of carbonyl (C=O) groups excluding carboxylic acids is 2. The van der Waals surface area contributed by atoms with Crippen molar-refractivity contribution < 1.29 is 14.0 Å². The molecule has 1 aromatic carbocycles. The maximum absolute atomic E-state index is 12.3. The highest BCUT2D eigenvalue weighted by Crippen LogP contribution is 2.22. The summed E-state index contributed by atoms with van der Waals surface area (Å²) in [5.74, 6) is 0.0803. The number of aryl methyl sites for hydroxylation is 1. The third kappa shape index (κ3) is 5.24. The van der Waals surface area contributed by atoms with Crippen LogP contribution in [0.15, 0.2) is 47.3 Å². The Labute approximate surface area is 167 Å². The second kappa shape index (κ2) is 8.63. The Kier molecular flexibility index (Phi) is 6.22. The van der Waals surface area contributed by atoms with Gasteiger partial charge in [0.2, 0.25) is 5.91 Å². The molecule has 1 fully saturated rings. The lowest BCUT2D eigenvalue weighted by atomic mass is 9.86. The van der Waals surface area contributed by atoms with Gasteiger partial charge in [-0.1, -0.05) is 45.0 Å². The van der Waals surface area contributed by atoms with Crippen molar-refractivity contribution in [2.24, 2.45) is 0 Å². The van der Waals surface area contributed by atoms with Crippen LogP contribution < -0.4 is 5.32 Å². The average molecular weight is 383 g/mol. The molecule has 0 radical (unpaired) electrons. The number of hydrogen-bond acceptors (Lipinski definition) is 3. The maximum Gasteiger partial charge on any atom is 0.257 e. The monoisotopic (exact) mass is 382 g/mol. The van der Waals surface area contributed by atoms with Gasteiger partial charge < -0.3 is 14.6 Å². The molecule has 5 nitrogen and oxygen atoms in total. The number of amides is 2. The predicted molar refractivity (Wildman–Crippen MR) is 109 cm³/mol. The molecular weight excluding hydrogens is 352 g/mol. The summed E-state index contributed by atoms with van der Waals surface area (Å²) in [6.45, 7) is 7.91. The molecule has 2 aromatic rings. The van der Waals surface area contributed by atoms with Crippen LogP contribution in [0.25, 0.3) is 0 Å². The summed E-state index contributed by atoms with van der Waals surface area (Å²) >= 11 is 0. The molecule has 28 heavy (non-hydrogen) atoms. The van der Waals surface area contributed by atoms with Crippen LogP contribution in [0.3, 0.4) is 0 Å². The van der Waals surface area contributed by atoms with Crippen LogP contribution in [-0.4, -0.2) is 35.8 Å². The predicted octanol–water partition coefficient (Wildman–Crippen LogP) is 3.93. The SMILES string of the molecule is CC(C)(C)c1ccc(CCC(=O)NC2CCN(C(=O)c3ccoc3)CC2)cc1. The fourth-order valence-corrected chi connectivity index (χ4v) is 3.52. The van der Waals surface area contributed by atoms with E-state index in [1.807, 2.05) is 4.90 Å². The molecular formula is C23H30N2O3. The first-order valence-electron chi connectivity index (χ1n) is 10.0. The Bertz CT molecular complexity index is 780. The van der Waals surface area contributed by atoms with Crippen molar-refractivity contribution in [3.05, 3.63) is 59.5 Å². The lowest BCUT2D eigenvalue weighted by Crippen LogP contribution is -2.46. The number of nitrogens with zero attached hydrogens (tertiary/aromatic N) is 1. The third-order valence-corrected chi connectivity index (χ3v) is 5.38. The first-order valence-corrected chi connectivity index (χ1v) is 10.0. The summed E-state index contributed by atoms with van der Waals surface area (Å²) < 4.78 is 4.98. The van der Waals surface area contributed by atoms with E-state index >= 15 is 0 Å². The molecule has 0 spiro atoms. The number of nitrogens with one attached hydrogen (secondary N) is 1. The topological polar surface area (TPSA) is 62.6 Å². The quantitative estimate of drug-likeness (QED) is 0.852. The summed E-state index contributed by atoms with van der Waals surface area (Å²) in [6, 6.07) is 10.4. The molecule has 150 valence electrons. The lowest BCUT2D eigenvalue weighted by Gasteiger charge is -2.32. The van der Waals surface area contributed by atoms with Gasteiger partial charge in [-0.05, 0) is 41.9 Å². The van der Waals surface area contributed by atoms with Gasteiger partial charge in [0.25, 0.3) is 5.91 Å². The van der Waals surface area contributed by atoms with E-state index in [9.17, 15) is 9.59 Å². The first kappa shape index (κ1) is 20.2. The van der Waals surface area contributed by atoms with E-state index in [-0.39, 0.29) is 23.3 Å². The summed E-state index contributed by atoms with van der Waals surface area (Å²) in [5, 5.41) is 3.12. The summed E-state index contributed by atoms with van der Waals surface area (Å²) in [7, 11) is 0. The fourth-order valence-electron chi connectivity index (χ4n) is 3.52. The van der Waals surface area contributed by atoms with Gasteiger partial charge in [0.05, 0.1) is 11.8 Å². The standard InChI is InChI=1S/C23H30N2O3/c1-23(2,3)19-7-4-17(5-8-19)6-9-21(26)24-20-10-13-25(14-11-20)22(27)18-12-15-28-16-18/h4-5,7-8,12,15-16,20H,6,9-11,13-14H2,1-3H3,(H,24,26). The molecule has 1 aromatic heterocycles. The second-order valence-corrected chi connectivity index (χ2v) is 8.59. The van der Waals surface area contributed by atoms with Gasteiger partial charge in [-0.25, -0.2) is 0 Å². The van der Waals surface area contributed by atoms with Crippen molar-refractivity contribution >= 4 is 11.8 Å². The van der Waals surface area contributed by atoms with E-state index in [2.05, 4.69) is 50.4 Å². The van der Waals surface area contributed by atoms with Crippen molar-refractivity contribution in [1.29, 1.82) is 0 Å². The van der Waals surface area contributed by atoms with Crippen LogP contribution in [0.2, 0.25) is 0 Å². The molecule has 0 atom stereocenters. The Morgan fingerprint density at radius 1 is 1.11 bits per heavy atom. The molecule has 1 N–H and O–H groups in total. The molecule has 0 saturated carbocycles. The molecule has 0 unspecified atom stereocenters. The average Bonchev–Trinajstić information content (AvgIpc) is 3.21. The van der Waals surface area contributed by atoms with E-state index in [0.29, 0.717) is 25.1 Å². The van der Waals surface area contributed by atoms with Crippen molar-refractivity contribution in [2.75, 3.05) is 13.1 Å². The van der Waals surface area contributed by atoms with Crippen molar-refractivity contribution in [1.82, 2.24) is 10.2 Å². The van der Waals surface area contributed by atoms with Crippen LogP contribution in [0.4, 0.5) is 0 Å². The molecule has 3 rings (SSSR count). The van der Waals surface area contributed by atoms with Gasteiger partial charge in [0.15, 0.2) is 0 Å². The fraction of sp³-hybridized carbons (Fsp3) is 0.478. The number of hydrogen-bond donors (Lipinski definition) is 1. The smallest absolute Gasteiger partial charge is 0.257 e. The van der Waals surface area contributed by atoms with Gasteiger partial charge in [-0.2, -0.15) is 0 Å². The molecule has 0 bridgehead atoms. The number of rotatable bonds is 5. The molecule has 2 heterocycles. The number of piperidine rings is 1. The zero-order valence-electron chi connectivity index (χ0n) is 17.0. The van der Waals surface area contributed by atoms with Crippen molar-refractivity contribution in [2.45, 2.75) is 57.9 Å². The molecule has 5 heteroatoms. The lowest BCUT2D eigenvalue weighted by molar-refractivity contribution is -0.122. The van der Waals surface area contributed by atoms with Gasteiger partial charge in [0, 0.05) is 25.6 Å². The van der Waals surface area contributed by atoms with E-state index < -0.39 is 0 Å². The molecule has 0 aliphatic carbocycles. The molecule has 2 amide bonds. The number of carbonyl (C=O) groups is 2. The Hall–Kier alpha value is -2.56. The van der Waals surface area contributed by atoms with Gasteiger partial charge in [-0.3, -0.25) is 9.59 Å². The number of furan rings is 1. The minimum atomic E-state index is -0.00256. The van der Waals surface area contributed by atoms with E-state index in [4.69, 9.17) is 4.42 Å². The van der Waals surface area contributed by atoms with Gasteiger partial charge >= 0.3 is 0 Å². The normalized spacial score (nSPS) is 15.5. The highest BCUT2D eigenvalue weighted by molar-refractivity contribution is 5.93. The van der Waals surface area contributed by atoms with E-state index in [0.717, 1.165) is 19.3 Å². The summed E-state index contributed by atoms with van der Waals surface area (Å²) in [6.07, 6.45) is 5.80. The summed E-state index contributed by atoms with van der Waals surface area (Å²) in [4.78, 5) is 26.4. The van der Waals surface area contributed by atoms with Crippen LogP contribution in [0, 0.1) is 0 Å². The Morgan fingerprint density at radius 3 is 2.36 bits per heavy atom. The minimum Gasteiger partial charge on any atom is -0.472 e. The molecule has 1 aliphatic heterocycles. The van der Waals surface area contributed by atoms with Crippen LogP contribution >= 0.6 is 0 Å². The maximum atomic E-state index is 12.3. The Balaban J connectivity index is 1.40. The minimum absolute atomic E-state index is 0.00256. The third-order valence-electron chi connectivity index (χ3n) is 5.38. The van der Waals surface area contributed by atoms with Crippen LogP contribution in [0.5, 0.6) is 0 Å². The Morgan fingerprint density at radius 2 is 1.79 bits per heavy atom. The first-order chi connectivity index (χ1) is 13.3. The van der Waals surface area contributed by atoms with Crippen LogP contribution in [-0.2, 0) is 16.6 Å². The number of benzene rings is 1. The van der Waals surface area contributed by atoms with Crippen molar-refractivity contribution in [3.63, 3.8) is 0 Å². The highest BCUT2D eigenvalue weighted by Gasteiger charge is 2.25. The zero-order valence-corrected chi connectivity index (χ0v) is 17.0. The molecule has 1 aliphatic rings. The highest BCUT2D eigenvalue weighted by atomic mass is 16.3. The second-order valence-electron chi connectivity index (χ2n) is 8.59.